The van der Waals surface area contributed by atoms with Crippen LogP contribution in [0, 0.1) is 5.92 Å². The van der Waals surface area contributed by atoms with Crippen molar-refractivity contribution in [1.82, 2.24) is 5.32 Å². The Morgan fingerprint density at radius 1 is 1.42 bits per heavy atom. The molecule has 0 aliphatic heterocycles. The third kappa shape index (κ3) is 3.34. The molecule has 0 aliphatic carbocycles. The second-order valence-electron chi connectivity index (χ2n) is 2.65. The molecule has 0 bridgehead atoms. The summed E-state index contributed by atoms with van der Waals surface area (Å²) in [5, 5.41) is 19.3. The first-order chi connectivity index (χ1) is 5.49. The van der Waals surface area contributed by atoms with E-state index in [1.165, 1.54) is 6.92 Å². The third-order valence-electron chi connectivity index (χ3n) is 1.43. The predicted molar refractivity (Wildman–Crippen MR) is 41.5 cm³/mol. The SMILES string of the molecule is CC(CO)NC(=O)C(C)C(=O)O. The maximum Gasteiger partial charge on any atom is 0.315 e. The lowest BCUT2D eigenvalue weighted by Gasteiger charge is -2.12. The molecule has 0 aromatic carbocycles. The van der Waals surface area contributed by atoms with Gasteiger partial charge in [-0.05, 0) is 13.8 Å². The largest absolute Gasteiger partial charge is 0.481 e. The van der Waals surface area contributed by atoms with Gasteiger partial charge in [-0.3, -0.25) is 9.59 Å². The fourth-order valence-corrected chi connectivity index (χ4v) is 0.526. The Morgan fingerprint density at radius 2 is 1.92 bits per heavy atom. The molecule has 0 aromatic rings. The van der Waals surface area contributed by atoms with Crippen LogP contribution in [0.2, 0.25) is 0 Å². The van der Waals surface area contributed by atoms with Gasteiger partial charge < -0.3 is 15.5 Å². The van der Waals surface area contributed by atoms with Crippen LogP contribution in [-0.2, 0) is 9.59 Å². The van der Waals surface area contributed by atoms with Gasteiger partial charge in [-0.2, -0.15) is 0 Å². The number of carbonyl (C=O) groups is 2. The van der Waals surface area contributed by atoms with Crippen molar-refractivity contribution in [1.29, 1.82) is 0 Å². The Bertz CT molecular complexity index is 180. The van der Waals surface area contributed by atoms with Crippen molar-refractivity contribution in [2.75, 3.05) is 6.61 Å². The Kier molecular flexibility index (Phi) is 4.28. The zero-order chi connectivity index (χ0) is 9.72. The van der Waals surface area contributed by atoms with Gasteiger partial charge in [-0.25, -0.2) is 0 Å². The number of carboxylic acids is 1. The van der Waals surface area contributed by atoms with Gasteiger partial charge in [0, 0.05) is 6.04 Å². The van der Waals surface area contributed by atoms with Crippen LogP contribution in [0.1, 0.15) is 13.8 Å². The molecule has 0 heterocycles. The maximum absolute atomic E-state index is 11.0. The summed E-state index contributed by atoms with van der Waals surface area (Å²) in [6, 6.07) is -0.403. The second-order valence-corrected chi connectivity index (χ2v) is 2.65. The predicted octanol–water partition coefficient (Wildman–Crippen LogP) is -0.796. The van der Waals surface area contributed by atoms with Crippen molar-refractivity contribution in [3.63, 3.8) is 0 Å². The van der Waals surface area contributed by atoms with Crippen molar-refractivity contribution >= 4 is 11.9 Å². The van der Waals surface area contributed by atoms with E-state index in [9.17, 15) is 9.59 Å². The summed E-state index contributed by atoms with van der Waals surface area (Å²) in [6.07, 6.45) is 0. The Hall–Kier alpha value is -1.10. The van der Waals surface area contributed by atoms with E-state index in [1.807, 2.05) is 0 Å². The van der Waals surface area contributed by atoms with Gasteiger partial charge in [0.1, 0.15) is 5.92 Å². The molecule has 12 heavy (non-hydrogen) atoms. The molecule has 0 aliphatic rings. The highest BCUT2D eigenvalue weighted by molar-refractivity contribution is 5.96. The van der Waals surface area contributed by atoms with E-state index in [-0.39, 0.29) is 6.61 Å². The van der Waals surface area contributed by atoms with Crippen LogP contribution in [0.4, 0.5) is 0 Å². The summed E-state index contributed by atoms with van der Waals surface area (Å²) in [7, 11) is 0. The lowest BCUT2D eigenvalue weighted by molar-refractivity contribution is -0.146. The Balaban J connectivity index is 3.95. The quantitative estimate of drug-likeness (QED) is 0.488. The molecule has 0 rings (SSSR count). The standard InChI is InChI=1S/C7H13NO4/c1-4(3-9)8-6(10)5(2)7(11)12/h4-5,9H,3H2,1-2H3,(H,8,10)(H,11,12). The normalized spacial score (nSPS) is 14.9. The van der Waals surface area contributed by atoms with Crippen molar-refractivity contribution in [3.8, 4) is 0 Å². The van der Waals surface area contributed by atoms with Gasteiger partial charge in [0.25, 0.3) is 0 Å². The van der Waals surface area contributed by atoms with Gasteiger partial charge >= 0.3 is 5.97 Å². The summed E-state index contributed by atoms with van der Waals surface area (Å²) in [6.45, 7) is 2.69. The molecule has 0 radical (unpaired) electrons. The lowest BCUT2D eigenvalue weighted by atomic mass is 10.1. The van der Waals surface area contributed by atoms with E-state index >= 15 is 0 Å². The van der Waals surface area contributed by atoms with Gasteiger partial charge in [-0.15, -0.1) is 0 Å². The molecule has 5 nitrogen and oxygen atoms in total. The number of rotatable bonds is 4. The fourth-order valence-electron chi connectivity index (χ4n) is 0.526. The van der Waals surface area contributed by atoms with E-state index in [1.54, 1.807) is 6.92 Å². The smallest absolute Gasteiger partial charge is 0.315 e. The summed E-state index contributed by atoms with van der Waals surface area (Å²) in [4.78, 5) is 21.2. The third-order valence-corrected chi connectivity index (χ3v) is 1.43. The van der Waals surface area contributed by atoms with Crippen LogP contribution in [0.3, 0.4) is 0 Å². The average molecular weight is 175 g/mol. The number of hydrogen-bond donors (Lipinski definition) is 3. The number of nitrogens with one attached hydrogen (secondary N) is 1. The van der Waals surface area contributed by atoms with Crippen LogP contribution in [-0.4, -0.2) is 34.7 Å². The first-order valence-corrected chi connectivity index (χ1v) is 3.63. The molecule has 0 aromatic heterocycles. The molecular formula is C7H13NO4. The van der Waals surface area contributed by atoms with E-state index < -0.39 is 23.8 Å². The summed E-state index contributed by atoms with van der Waals surface area (Å²) < 4.78 is 0. The van der Waals surface area contributed by atoms with Crippen molar-refractivity contribution in [2.45, 2.75) is 19.9 Å². The molecular weight excluding hydrogens is 162 g/mol. The fraction of sp³-hybridized carbons (Fsp3) is 0.714. The van der Waals surface area contributed by atoms with Gasteiger partial charge in [0.15, 0.2) is 0 Å². The monoisotopic (exact) mass is 175 g/mol. The van der Waals surface area contributed by atoms with E-state index in [4.69, 9.17) is 10.2 Å². The zero-order valence-electron chi connectivity index (χ0n) is 7.07. The molecule has 0 fully saturated rings. The number of aliphatic carboxylic acids is 1. The molecule has 2 atom stereocenters. The molecule has 0 spiro atoms. The lowest BCUT2D eigenvalue weighted by Crippen LogP contribution is -2.40. The molecule has 1 amide bonds. The van der Waals surface area contributed by atoms with Gasteiger partial charge in [0.05, 0.1) is 6.61 Å². The Morgan fingerprint density at radius 3 is 2.25 bits per heavy atom. The first kappa shape index (κ1) is 10.9. The zero-order valence-corrected chi connectivity index (χ0v) is 7.07. The maximum atomic E-state index is 11.0. The molecule has 2 unspecified atom stereocenters. The van der Waals surface area contributed by atoms with E-state index in [2.05, 4.69) is 5.32 Å². The van der Waals surface area contributed by atoms with Crippen LogP contribution >= 0.6 is 0 Å². The number of aliphatic hydroxyl groups excluding tert-OH is 1. The number of amides is 1. The van der Waals surface area contributed by atoms with E-state index in [0.717, 1.165) is 0 Å². The highest BCUT2D eigenvalue weighted by Gasteiger charge is 2.21. The van der Waals surface area contributed by atoms with E-state index in [0.29, 0.717) is 0 Å². The summed E-state index contributed by atoms with van der Waals surface area (Å²) in [5.74, 6) is -2.82. The van der Waals surface area contributed by atoms with Crippen LogP contribution in [0.15, 0.2) is 0 Å². The minimum atomic E-state index is -1.17. The topological polar surface area (TPSA) is 86.6 Å². The Labute approximate surface area is 70.4 Å². The van der Waals surface area contributed by atoms with Crippen molar-refractivity contribution in [3.05, 3.63) is 0 Å². The number of carboxylic acid groups (broad SMARTS) is 1. The minimum Gasteiger partial charge on any atom is -0.481 e. The molecule has 5 heteroatoms. The molecule has 0 saturated carbocycles. The average Bonchev–Trinajstić information content (AvgIpc) is 2.02. The van der Waals surface area contributed by atoms with Gasteiger partial charge in [0.2, 0.25) is 5.91 Å². The van der Waals surface area contributed by atoms with Crippen molar-refractivity contribution in [2.24, 2.45) is 5.92 Å². The first-order valence-electron chi connectivity index (χ1n) is 3.63. The summed E-state index contributed by atoms with van der Waals surface area (Å²) in [5.41, 5.74) is 0. The van der Waals surface area contributed by atoms with Crippen LogP contribution in [0.25, 0.3) is 0 Å². The minimum absolute atomic E-state index is 0.196. The molecule has 3 N–H and O–H groups in total. The highest BCUT2D eigenvalue weighted by atomic mass is 16.4. The second kappa shape index (κ2) is 4.71. The highest BCUT2D eigenvalue weighted by Crippen LogP contribution is 1.95. The van der Waals surface area contributed by atoms with Crippen LogP contribution < -0.4 is 5.32 Å². The number of carbonyl (C=O) groups excluding carboxylic acids is 1. The summed E-state index contributed by atoms with van der Waals surface area (Å²) >= 11 is 0. The molecule has 0 saturated heterocycles. The van der Waals surface area contributed by atoms with Crippen molar-refractivity contribution < 1.29 is 19.8 Å². The number of hydrogen-bond acceptors (Lipinski definition) is 3. The molecule has 70 valence electrons. The number of aliphatic hydroxyl groups is 1. The van der Waals surface area contributed by atoms with Crippen LogP contribution in [0.5, 0.6) is 0 Å². The van der Waals surface area contributed by atoms with Gasteiger partial charge in [-0.1, -0.05) is 0 Å².